The van der Waals surface area contributed by atoms with Gasteiger partial charge in [0.1, 0.15) is 6.61 Å². The molecule has 2 aromatic rings. The van der Waals surface area contributed by atoms with Gasteiger partial charge in [-0.05, 0) is 51.7 Å². The molecule has 34 heavy (non-hydrogen) atoms. The first kappa shape index (κ1) is 24.3. The standard InChI is InChI=1S/C23H30F3N5O3/c1-23(2)7-5-16-11-15(6-8-31(16)23)28-20-17(24)13-27-22(30-20)29-14-3-4-18(33-10-9-32)19(12-14)34-21(25)26/h3-4,12-13,15-16,21,32H,5-11H2,1-2H3,(H2,27,28,29,30). The van der Waals surface area contributed by atoms with Gasteiger partial charge in [-0.2, -0.15) is 13.8 Å². The maximum absolute atomic E-state index is 14.5. The van der Waals surface area contributed by atoms with Gasteiger partial charge in [0.2, 0.25) is 5.95 Å². The van der Waals surface area contributed by atoms with Crippen molar-refractivity contribution in [3.63, 3.8) is 0 Å². The fourth-order valence-electron chi connectivity index (χ4n) is 4.82. The van der Waals surface area contributed by atoms with Gasteiger partial charge in [-0.25, -0.2) is 9.37 Å². The molecule has 186 valence electrons. The molecular formula is C23H30F3N5O3. The zero-order valence-electron chi connectivity index (χ0n) is 19.2. The number of piperidine rings is 1. The molecule has 0 spiro atoms. The number of anilines is 3. The fraction of sp³-hybridized carbons (Fsp3) is 0.565. The smallest absolute Gasteiger partial charge is 0.387 e. The van der Waals surface area contributed by atoms with Crippen molar-refractivity contribution in [3.8, 4) is 11.5 Å². The monoisotopic (exact) mass is 481 g/mol. The Morgan fingerprint density at radius 2 is 2.09 bits per heavy atom. The zero-order chi connectivity index (χ0) is 24.3. The Hall–Kier alpha value is -2.79. The van der Waals surface area contributed by atoms with E-state index in [4.69, 9.17) is 9.84 Å². The maximum atomic E-state index is 14.5. The Kier molecular flexibility index (Phi) is 7.32. The van der Waals surface area contributed by atoms with E-state index in [-0.39, 0.29) is 48.1 Å². The largest absolute Gasteiger partial charge is 0.487 e. The minimum absolute atomic E-state index is 0.0590. The topological polar surface area (TPSA) is 91.8 Å². The number of fused-ring (bicyclic) bond motifs is 1. The summed E-state index contributed by atoms with van der Waals surface area (Å²) in [5.41, 5.74) is 0.560. The van der Waals surface area contributed by atoms with Crippen LogP contribution in [0.25, 0.3) is 0 Å². The second-order valence-corrected chi connectivity index (χ2v) is 9.19. The predicted octanol–water partition coefficient (Wildman–Crippen LogP) is 4.15. The van der Waals surface area contributed by atoms with Crippen LogP contribution in [0, 0.1) is 5.82 Å². The van der Waals surface area contributed by atoms with Crippen molar-refractivity contribution < 1.29 is 27.8 Å². The van der Waals surface area contributed by atoms with E-state index in [1.54, 1.807) is 6.07 Å². The van der Waals surface area contributed by atoms with Gasteiger partial charge in [-0.15, -0.1) is 0 Å². The molecule has 2 aliphatic heterocycles. The summed E-state index contributed by atoms with van der Waals surface area (Å²) in [6, 6.07) is 4.86. The molecule has 0 aliphatic carbocycles. The predicted molar refractivity (Wildman–Crippen MR) is 121 cm³/mol. The summed E-state index contributed by atoms with van der Waals surface area (Å²) < 4.78 is 49.8. The number of halogens is 3. The average Bonchev–Trinajstić information content (AvgIpc) is 3.09. The van der Waals surface area contributed by atoms with E-state index < -0.39 is 12.4 Å². The SMILES string of the molecule is CC1(C)CCC2CC(Nc3nc(Nc4ccc(OCCO)c(OC(F)F)c4)ncc3F)CCN21. The van der Waals surface area contributed by atoms with Crippen LogP contribution >= 0.6 is 0 Å². The summed E-state index contributed by atoms with van der Waals surface area (Å²) in [7, 11) is 0. The first-order chi connectivity index (χ1) is 16.2. The number of hydrogen-bond acceptors (Lipinski definition) is 8. The van der Waals surface area contributed by atoms with E-state index in [0.29, 0.717) is 11.7 Å². The molecule has 1 aromatic carbocycles. The van der Waals surface area contributed by atoms with Crippen molar-refractivity contribution in [2.75, 3.05) is 30.4 Å². The van der Waals surface area contributed by atoms with Crippen LogP contribution < -0.4 is 20.1 Å². The number of alkyl halides is 2. The molecule has 0 amide bonds. The Morgan fingerprint density at radius 3 is 2.85 bits per heavy atom. The number of benzene rings is 1. The van der Waals surface area contributed by atoms with Crippen LogP contribution in [-0.4, -0.2) is 64.0 Å². The highest BCUT2D eigenvalue weighted by Gasteiger charge is 2.42. The molecule has 2 aliphatic rings. The molecule has 3 heterocycles. The summed E-state index contributed by atoms with van der Waals surface area (Å²) in [5, 5.41) is 15.0. The van der Waals surface area contributed by atoms with Gasteiger partial charge in [0.15, 0.2) is 23.1 Å². The quantitative estimate of drug-likeness (QED) is 0.492. The number of aliphatic hydroxyl groups is 1. The number of nitrogens with zero attached hydrogens (tertiary/aromatic N) is 3. The summed E-state index contributed by atoms with van der Waals surface area (Å²) in [4.78, 5) is 10.8. The Labute approximate surface area is 196 Å². The Morgan fingerprint density at radius 1 is 1.26 bits per heavy atom. The highest BCUT2D eigenvalue weighted by atomic mass is 19.3. The van der Waals surface area contributed by atoms with Gasteiger partial charge in [-0.1, -0.05) is 0 Å². The highest BCUT2D eigenvalue weighted by molar-refractivity contribution is 5.60. The lowest BCUT2D eigenvalue weighted by atomic mass is 9.97. The lowest BCUT2D eigenvalue weighted by molar-refractivity contribution is -0.0515. The van der Waals surface area contributed by atoms with Crippen LogP contribution in [0.15, 0.2) is 24.4 Å². The summed E-state index contributed by atoms with van der Waals surface area (Å²) in [6.07, 6.45) is 5.16. The molecule has 3 N–H and O–H groups in total. The number of nitrogens with one attached hydrogen (secondary N) is 2. The minimum Gasteiger partial charge on any atom is -0.487 e. The third kappa shape index (κ3) is 5.64. The number of aromatic nitrogens is 2. The second-order valence-electron chi connectivity index (χ2n) is 9.19. The van der Waals surface area contributed by atoms with Crippen LogP contribution in [0.2, 0.25) is 0 Å². The van der Waals surface area contributed by atoms with Crippen LogP contribution in [0.3, 0.4) is 0 Å². The third-order valence-corrected chi connectivity index (χ3v) is 6.43. The van der Waals surface area contributed by atoms with E-state index in [1.807, 2.05) is 0 Å². The van der Waals surface area contributed by atoms with Gasteiger partial charge >= 0.3 is 6.61 Å². The van der Waals surface area contributed by atoms with Gasteiger partial charge in [0.05, 0.1) is 12.8 Å². The van der Waals surface area contributed by atoms with Crippen molar-refractivity contribution in [1.82, 2.24) is 14.9 Å². The second kappa shape index (κ2) is 10.2. The average molecular weight is 482 g/mol. The number of ether oxygens (including phenoxy) is 2. The summed E-state index contributed by atoms with van der Waals surface area (Å²) in [6.45, 7) is 2.09. The molecular weight excluding hydrogens is 451 g/mol. The van der Waals surface area contributed by atoms with E-state index in [1.165, 1.54) is 12.1 Å². The van der Waals surface area contributed by atoms with Crippen molar-refractivity contribution in [2.45, 2.75) is 63.8 Å². The molecule has 2 unspecified atom stereocenters. The van der Waals surface area contributed by atoms with Gasteiger partial charge < -0.3 is 25.2 Å². The van der Waals surface area contributed by atoms with Crippen LogP contribution in [0.4, 0.5) is 30.6 Å². The molecule has 0 radical (unpaired) electrons. The van der Waals surface area contributed by atoms with E-state index in [0.717, 1.165) is 38.4 Å². The number of aliphatic hydroxyl groups excluding tert-OH is 1. The first-order valence-corrected chi connectivity index (χ1v) is 11.4. The lowest BCUT2D eigenvalue weighted by Crippen LogP contribution is -2.50. The molecule has 1 aromatic heterocycles. The molecule has 0 bridgehead atoms. The normalized spacial score (nSPS) is 21.9. The molecule has 2 atom stereocenters. The highest BCUT2D eigenvalue weighted by Crippen LogP contribution is 2.39. The minimum atomic E-state index is -3.05. The molecule has 11 heteroatoms. The Balaban J connectivity index is 1.45. The van der Waals surface area contributed by atoms with Gasteiger partial charge in [0, 0.05) is 35.9 Å². The maximum Gasteiger partial charge on any atom is 0.387 e. The van der Waals surface area contributed by atoms with Crippen molar-refractivity contribution >= 4 is 17.5 Å². The van der Waals surface area contributed by atoms with E-state index in [2.05, 4.69) is 44.1 Å². The number of rotatable bonds is 9. The lowest BCUT2D eigenvalue weighted by Gasteiger charge is -2.42. The molecule has 4 rings (SSSR count). The van der Waals surface area contributed by atoms with Crippen LogP contribution in [-0.2, 0) is 0 Å². The summed E-state index contributed by atoms with van der Waals surface area (Å²) >= 11 is 0. The molecule has 8 nitrogen and oxygen atoms in total. The van der Waals surface area contributed by atoms with Crippen molar-refractivity contribution in [1.29, 1.82) is 0 Å². The van der Waals surface area contributed by atoms with E-state index in [9.17, 15) is 13.2 Å². The Bertz CT molecular complexity index is 994. The summed E-state index contributed by atoms with van der Waals surface area (Å²) in [5.74, 6) is -0.506. The van der Waals surface area contributed by atoms with Crippen molar-refractivity contribution in [2.24, 2.45) is 0 Å². The molecule has 2 fully saturated rings. The zero-order valence-corrected chi connectivity index (χ0v) is 19.2. The van der Waals surface area contributed by atoms with Crippen LogP contribution in [0.5, 0.6) is 11.5 Å². The van der Waals surface area contributed by atoms with Crippen molar-refractivity contribution in [3.05, 3.63) is 30.2 Å². The third-order valence-electron chi connectivity index (χ3n) is 6.43. The first-order valence-electron chi connectivity index (χ1n) is 11.4. The van der Waals surface area contributed by atoms with E-state index >= 15 is 0 Å². The molecule has 0 saturated carbocycles. The van der Waals surface area contributed by atoms with Crippen LogP contribution in [0.1, 0.15) is 39.5 Å². The fourth-order valence-corrected chi connectivity index (χ4v) is 4.82. The molecule has 2 saturated heterocycles. The van der Waals surface area contributed by atoms with Gasteiger partial charge in [-0.3, -0.25) is 4.90 Å². The number of hydrogen-bond donors (Lipinski definition) is 3. The van der Waals surface area contributed by atoms with Gasteiger partial charge in [0.25, 0.3) is 0 Å².